The van der Waals surface area contributed by atoms with Crippen LogP contribution in [0.4, 0.5) is 5.69 Å². The highest BCUT2D eigenvalue weighted by molar-refractivity contribution is 5.30. The monoisotopic (exact) mass is 153 g/mol. The highest BCUT2D eigenvalue weighted by Crippen LogP contribution is 2.18. The van der Waals surface area contributed by atoms with E-state index in [-0.39, 0.29) is 0 Å². The van der Waals surface area contributed by atoms with Crippen molar-refractivity contribution in [3.8, 4) is 0 Å². The van der Waals surface area contributed by atoms with Gasteiger partial charge in [-0.25, -0.2) is 0 Å². The molecule has 0 aromatic carbocycles. The van der Waals surface area contributed by atoms with E-state index >= 15 is 0 Å². The average molecular weight is 153 g/mol. The third-order valence-electron chi connectivity index (χ3n) is 1.90. The van der Waals surface area contributed by atoms with E-state index in [0.717, 1.165) is 25.3 Å². The minimum atomic E-state index is 0.396. The summed E-state index contributed by atoms with van der Waals surface area (Å²) in [6, 6.07) is 0.396. The van der Waals surface area contributed by atoms with Gasteiger partial charge in [-0.3, -0.25) is 4.68 Å². The summed E-state index contributed by atoms with van der Waals surface area (Å²) in [6.07, 6.45) is 4.55. The summed E-state index contributed by atoms with van der Waals surface area (Å²) in [5.41, 5.74) is 6.24. The molecule has 1 saturated heterocycles. The first-order valence-electron chi connectivity index (χ1n) is 3.73. The Morgan fingerprint density at radius 3 is 3.18 bits per heavy atom. The molecule has 0 radical (unpaired) electrons. The number of rotatable bonds is 1. The Kier molecular flexibility index (Phi) is 1.54. The van der Waals surface area contributed by atoms with E-state index in [1.165, 1.54) is 0 Å². The van der Waals surface area contributed by atoms with Crippen molar-refractivity contribution in [3.05, 3.63) is 12.4 Å². The smallest absolute Gasteiger partial charge is 0.0775 e. The second-order valence-electron chi connectivity index (χ2n) is 2.77. The lowest BCUT2D eigenvalue weighted by Crippen LogP contribution is -2.08. The van der Waals surface area contributed by atoms with Gasteiger partial charge < -0.3 is 10.5 Å². The van der Waals surface area contributed by atoms with Crippen LogP contribution in [-0.2, 0) is 4.74 Å². The van der Waals surface area contributed by atoms with Crippen LogP contribution in [0.3, 0.4) is 0 Å². The minimum Gasteiger partial charge on any atom is -0.396 e. The second kappa shape index (κ2) is 2.54. The highest BCUT2D eigenvalue weighted by atomic mass is 16.5. The van der Waals surface area contributed by atoms with E-state index in [2.05, 4.69) is 5.10 Å². The van der Waals surface area contributed by atoms with Gasteiger partial charge in [0.25, 0.3) is 0 Å². The number of nitrogens with zero attached hydrogens (tertiary/aromatic N) is 2. The first kappa shape index (κ1) is 6.67. The quantitative estimate of drug-likeness (QED) is 0.636. The van der Waals surface area contributed by atoms with Crippen molar-refractivity contribution in [2.24, 2.45) is 0 Å². The zero-order valence-electron chi connectivity index (χ0n) is 6.23. The fourth-order valence-electron chi connectivity index (χ4n) is 1.28. The molecule has 4 nitrogen and oxygen atoms in total. The van der Waals surface area contributed by atoms with Crippen molar-refractivity contribution in [1.29, 1.82) is 0 Å². The van der Waals surface area contributed by atoms with Crippen molar-refractivity contribution in [1.82, 2.24) is 9.78 Å². The van der Waals surface area contributed by atoms with Crippen LogP contribution in [0.2, 0.25) is 0 Å². The molecular weight excluding hydrogens is 142 g/mol. The molecule has 0 unspecified atom stereocenters. The summed E-state index contributed by atoms with van der Waals surface area (Å²) >= 11 is 0. The predicted molar refractivity (Wildman–Crippen MR) is 41.1 cm³/mol. The molecule has 4 heteroatoms. The SMILES string of the molecule is Nc1cnn([C@@H]2CCOC2)c1. The van der Waals surface area contributed by atoms with E-state index in [1.54, 1.807) is 6.20 Å². The number of nitrogens with two attached hydrogens (primary N) is 1. The van der Waals surface area contributed by atoms with Gasteiger partial charge in [0.15, 0.2) is 0 Å². The standard InChI is InChI=1S/C7H11N3O/c8-6-3-9-10(4-6)7-1-2-11-5-7/h3-4,7H,1-2,5,8H2/t7-/m1/s1. The summed E-state index contributed by atoms with van der Waals surface area (Å²) in [4.78, 5) is 0. The van der Waals surface area contributed by atoms with Crippen LogP contribution in [0.5, 0.6) is 0 Å². The molecule has 1 aromatic heterocycles. The van der Waals surface area contributed by atoms with Gasteiger partial charge in [0.05, 0.1) is 24.5 Å². The van der Waals surface area contributed by atoms with Gasteiger partial charge in [-0.15, -0.1) is 0 Å². The zero-order valence-corrected chi connectivity index (χ0v) is 6.23. The Balaban J connectivity index is 2.15. The van der Waals surface area contributed by atoms with E-state index in [1.807, 2.05) is 10.9 Å². The Morgan fingerprint density at radius 2 is 2.64 bits per heavy atom. The van der Waals surface area contributed by atoms with Gasteiger partial charge in [0.2, 0.25) is 0 Å². The van der Waals surface area contributed by atoms with E-state index in [4.69, 9.17) is 10.5 Å². The highest BCUT2D eigenvalue weighted by Gasteiger charge is 2.17. The summed E-state index contributed by atoms with van der Waals surface area (Å²) < 4.78 is 7.10. The summed E-state index contributed by atoms with van der Waals surface area (Å²) in [6.45, 7) is 1.60. The molecule has 0 bridgehead atoms. The van der Waals surface area contributed by atoms with Gasteiger partial charge >= 0.3 is 0 Å². The zero-order chi connectivity index (χ0) is 7.68. The van der Waals surface area contributed by atoms with Crippen molar-refractivity contribution < 1.29 is 4.74 Å². The molecule has 0 amide bonds. The molecule has 60 valence electrons. The Bertz CT molecular complexity index is 240. The van der Waals surface area contributed by atoms with Crippen LogP contribution in [0.15, 0.2) is 12.4 Å². The molecular formula is C7H11N3O. The van der Waals surface area contributed by atoms with Crippen LogP contribution >= 0.6 is 0 Å². The second-order valence-corrected chi connectivity index (χ2v) is 2.77. The first-order valence-corrected chi connectivity index (χ1v) is 3.73. The maximum atomic E-state index is 5.52. The number of hydrogen-bond donors (Lipinski definition) is 1. The number of hydrogen-bond acceptors (Lipinski definition) is 3. The normalized spacial score (nSPS) is 24.2. The maximum Gasteiger partial charge on any atom is 0.0775 e. The fourth-order valence-corrected chi connectivity index (χ4v) is 1.28. The molecule has 2 heterocycles. The third kappa shape index (κ3) is 1.21. The molecule has 1 aromatic rings. The molecule has 1 fully saturated rings. The van der Waals surface area contributed by atoms with Gasteiger partial charge in [0, 0.05) is 12.8 Å². The summed E-state index contributed by atoms with van der Waals surface area (Å²) in [7, 11) is 0. The van der Waals surface area contributed by atoms with Crippen molar-refractivity contribution in [2.45, 2.75) is 12.5 Å². The van der Waals surface area contributed by atoms with Crippen LogP contribution < -0.4 is 5.73 Å². The van der Waals surface area contributed by atoms with Crippen molar-refractivity contribution >= 4 is 5.69 Å². The van der Waals surface area contributed by atoms with Gasteiger partial charge in [-0.2, -0.15) is 5.10 Å². The van der Waals surface area contributed by atoms with E-state index < -0.39 is 0 Å². The molecule has 0 spiro atoms. The molecule has 2 rings (SSSR count). The molecule has 1 aliphatic rings. The topological polar surface area (TPSA) is 53.1 Å². The Labute approximate surface area is 64.9 Å². The first-order chi connectivity index (χ1) is 5.36. The van der Waals surface area contributed by atoms with E-state index in [9.17, 15) is 0 Å². The lowest BCUT2D eigenvalue weighted by atomic mass is 10.3. The largest absolute Gasteiger partial charge is 0.396 e. The molecule has 11 heavy (non-hydrogen) atoms. The van der Waals surface area contributed by atoms with Crippen molar-refractivity contribution in [2.75, 3.05) is 18.9 Å². The van der Waals surface area contributed by atoms with Crippen LogP contribution in [0, 0.1) is 0 Å². The third-order valence-corrected chi connectivity index (χ3v) is 1.90. The minimum absolute atomic E-state index is 0.396. The number of anilines is 1. The number of aromatic nitrogens is 2. The van der Waals surface area contributed by atoms with Crippen molar-refractivity contribution in [3.63, 3.8) is 0 Å². The fraction of sp³-hybridized carbons (Fsp3) is 0.571. The van der Waals surface area contributed by atoms with Crippen LogP contribution in [-0.4, -0.2) is 23.0 Å². The average Bonchev–Trinajstić information content (AvgIpc) is 2.55. The molecule has 1 aliphatic heterocycles. The lowest BCUT2D eigenvalue weighted by molar-refractivity contribution is 0.184. The lowest BCUT2D eigenvalue weighted by Gasteiger charge is -2.06. The predicted octanol–water partition coefficient (Wildman–Crippen LogP) is 0.427. The molecule has 0 aliphatic carbocycles. The van der Waals surface area contributed by atoms with Crippen LogP contribution in [0.25, 0.3) is 0 Å². The molecule has 2 N–H and O–H groups in total. The summed E-state index contributed by atoms with van der Waals surface area (Å²) in [5.74, 6) is 0. The number of nitrogen functional groups attached to an aromatic ring is 1. The van der Waals surface area contributed by atoms with Gasteiger partial charge in [-0.05, 0) is 6.42 Å². The molecule has 0 saturated carbocycles. The van der Waals surface area contributed by atoms with Gasteiger partial charge in [0.1, 0.15) is 0 Å². The molecule has 1 atom stereocenters. The van der Waals surface area contributed by atoms with Gasteiger partial charge in [-0.1, -0.05) is 0 Å². The number of ether oxygens (including phenoxy) is 1. The maximum absolute atomic E-state index is 5.52. The van der Waals surface area contributed by atoms with Crippen LogP contribution in [0.1, 0.15) is 12.5 Å². The Morgan fingerprint density at radius 1 is 1.73 bits per heavy atom. The Hall–Kier alpha value is -1.03. The summed E-state index contributed by atoms with van der Waals surface area (Å²) in [5, 5.41) is 4.11. The van der Waals surface area contributed by atoms with E-state index in [0.29, 0.717) is 6.04 Å².